The van der Waals surface area contributed by atoms with Crippen LogP contribution < -0.4 is 5.56 Å². The second kappa shape index (κ2) is 8.32. The summed E-state index contributed by atoms with van der Waals surface area (Å²) in [6.07, 6.45) is 4.25. The van der Waals surface area contributed by atoms with E-state index in [4.69, 9.17) is 16.6 Å². The second-order valence-electron chi connectivity index (χ2n) is 8.36. The van der Waals surface area contributed by atoms with Crippen LogP contribution in [0.3, 0.4) is 0 Å². The summed E-state index contributed by atoms with van der Waals surface area (Å²) in [6.45, 7) is 0. The number of aromatic nitrogens is 3. The molecule has 1 aliphatic carbocycles. The normalized spacial score (nSPS) is 13.6. The predicted octanol–water partition coefficient (Wildman–Crippen LogP) is 6.85. The van der Waals surface area contributed by atoms with Crippen molar-refractivity contribution in [1.82, 2.24) is 15.0 Å². The summed E-state index contributed by atoms with van der Waals surface area (Å²) < 4.78 is 0. The van der Waals surface area contributed by atoms with Crippen LogP contribution in [0.1, 0.15) is 18.4 Å². The molecule has 0 unspecified atom stereocenters. The number of fused-ring (bicyclic) bond motifs is 2. The molecule has 6 heteroatoms. The fraction of sp³-hybridized carbons (Fsp3) is 0.148. The monoisotopic (exact) mass is 469 g/mol. The molecule has 0 amide bonds. The van der Waals surface area contributed by atoms with Crippen LogP contribution in [0.15, 0.2) is 77.7 Å². The molecule has 0 aliphatic heterocycles. The van der Waals surface area contributed by atoms with Gasteiger partial charge in [-0.25, -0.2) is 4.98 Å². The van der Waals surface area contributed by atoms with Crippen LogP contribution in [-0.2, 0) is 5.75 Å². The molecule has 1 aliphatic rings. The van der Waals surface area contributed by atoms with Crippen molar-refractivity contribution >= 4 is 45.3 Å². The van der Waals surface area contributed by atoms with E-state index in [1.54, 1.807) is 6.20 Å². The van der Waals surface area contributed by atoms with Crippen molar-refractivity contribution < 1.29 is 0 Å². The zero-order valence-corrected chi connectivity index (χ0v) is 19.3. The number of pyridine rings is 3. The molecule has 2 aromatic carbocycles. The average molecular weight is 470 g/mol. The molecule has 0 radical (unpaired) electrons. The second-order valence-corrected chi connectivity index (χ2v) is 10.1. The number of halogens is 1. The number of hydrogen-bond donors (Lipinski definition) is 1. The van der Waals surface area contributed by atoms with Crippen LogP contribution in [0, 0.1) is 0 Å². The maximum absolute atomic E-state index is 12.7. The molecule has 0 atom stereocenters. The van der Waals surface area contributed by atoms with Crippen LogP contribution in [0.5, 0.6) is 0 Å². The van der Waals surface area contributed by atoms with E-state index < -0.39 is 0 Å². The van der Waals surface area contributed by atoms with Gasteiger partial charge in [0.2, 0.25) is 0 Å². The van der Waals surface area contributed by atoms with Gasteiger partial charge in [-0.1, -0.05) is 48.0 Å². The van der Waals surface area contributed by atoms with Crippen LogP contribution in [0.25, 0.3) is 44.3 Å². The zero-order valence-electron chi connectivity index (χ0n) is 17.7. The van der Waals surface area contributed by atoms with Crippen LogP contribution in [0.2, 0.25) is 5.02 Å². The highest BCUT2D eigenvalue weighted by Gasteiger charge is 2.22. The Morgan fingerprint density at radius 2 is 1.82 bits per heavy atom. The van der Waals surface area contributed by atoms with Gasteiger partial charge in [-0.2, -0.15) is 11.8 Å². The van der Waals surface area contributed by atoms with E-state index in [0.29, 0.717) is 15.9 Å². The smallest absolute Gasteiger partial charge is 0.253 e. The molecule has 3 heterocycles. The largest absolute Gasteiger partial charge is 0.306 e. The van der Waals surface area contributed by atoms with Crippen molar-refractivity contribution in [2.24, 2.45) is 0 Å². The number of H-pyrrole nitrogens is 1. The Bertz CT molecular complexity index is 1560. The molecule has 0 spiro atoms. The first-order valence-electron chi connectivity index (χ1n) is 10.9. The summed E-state index contributed by atoms with van der Waals surface area (Å²) in [5.41, 5.74) is 5.82. The molecule has 4 nitrogen and oxygen atoms in total. The molecule has 6 rings (SSSR count). The van der Waals surface area contributed by atoms with Crippen molar-refractivity contribution in [1.29, 1.82) is 0 Å². The van der Waals surface area contributed by atoms with Gasteiger partial charge < -0.3 is 4.98 Å². The molecule has 1 N–H and O–H groups in total. The summed E-state index contributed by atoms with van der Waals surface area (Å²) in [5.74, 6) is 0.721. The quantitative estimate of drug-likeness (QED) is 0.305. The molecular formula is C27H20ClN3OS. The highest BCUT2D eigenvalue weighted by Crippen LogP contribution is 2.38. The lowest BCUT2D eigenvalue weighted by molar-refractivity contribution is 1.18. The average Bonchev–Trinajstić information content (AvgIpc) is 3.67. The fourth-order valence-electron chi connectivity index (χ4n) is 4.07. The van der Waals surface area contributed by atoms with Crippen LogP contribution in [-0.4, -0.2) is 20.2 Å². The van der Waals surface area contributed by atoms with Gasteiger partial charge in [-0.3, -0.25) is 9.78 Å². The van der Waals surface area contributed by atoms with Gasteiger partial charge in [0.15, 0.2) is 0 Å². The third-order valence-electron chi connectivity index (χ3n) is 5.92. The molecule has 1 saturated carbocycles. The van der Waals surface area contributed by atoms with Gasteiger partial charge in [0.1, 0.15) is 5.65 Å². The SMILES string of the molecule is O=c1[nH]c2nc(-c3ccccc3)c(-c3cc(Cl)c4ncccc4c3)cc2cc1CSC1CC1. The lowest BCUT2D eigenvalue weighted by Gasteiger charge is -2.13. The Morgan fingerprint density at radius 1 is 0.970 bits per heavy atom. The maximum Gasteiger partial charge on any atom is 0.253 e. The summed E-state index contributed by atoms with van der Waals surface area (Å²) in [6, 6.07) is 22.1. The van der Waals surface area contributed by atoms with E-state index >= 15 is 0 Å². The molecule has 33 heavy (non-hydrogen) atoms. The van der Waals surface area contributed by atoms with E-state index in [2.05, 4.69) is 22.1 Å². The van der Waals surface area contributed by atoms with Crippen molar-refractivity contribution in [3.63, 3.8) is 0 Å². The summed E-state index contributed by atoms with van der Waals surface area (Å²) >= 11 is 8.48. The molecule has 5 aromatic rings. The van der Waals surface area contributed by atoms with Crippen molar-refractivity contribution in [2.75, 3.05) is 0 Å². The Kier molecular flexibility index (Phi) is 5.16. The lowest BCUT2D eigenvalue weighted by atomic mass is 9.96. The Morgan fingerprint density at radius 3 is 2.64 bits per heavy atom. The topological polar surface area (TPSA) is 58.6 Å². The van der Waals surface area contributed by atoms with E-state index in [-0.39, 0.29) is 5.56 Å². The third-order valence-corrected chi connectivity index (χ3v) is 7.63. The van der Waals surface area contributed by atoms with E-state index in [0.717, 1.165) is 50.0 Å². The third kappa shape index (κ3) is 4.03. The number of rotatable bonds is 5. The van der Waals surface area contributed by atoms with E-state index in [9.17, 15) is 4.79 Å². The minimum Gasteiger partial charge on any atom is -0.306 e. The highest BCUT2D eigenvalue weighted by molar-refractivity contribution is 7.99. The Hall–Kier alpha value is -3.15. The first-order valence-corrected chi connectivity index (χ1v) is 12.4. The van der Waals surface area contributed by atoms with Crippen LogP contribution in [0.4, 0.5) is 0 Å². The summed E-state index contributed by atoms with van der Waals surface area (Å²) in [5, 5.41) is 3.19. The Balaban J connectivity index is 1.57. The molecule has 0 bridgehead atoms. The molecule has 1 fully saturated rings. The van der Waals surface area contributed by atoms with Gasteiger partial charge in [-0.15, -0.1) is 0 Å². The predicted molar refractivity (Wildman–Crippen MR) is 138 cm³/mol. The van der Waals surface area contributed by atoms with E-state index in [1.165, 1.54) is 12.8 Å². The molecule has 3 aromatic heterocycles. The first kappa shape index (κ1) is 20.5. The number of hydrogen-bond acceptors (Lipinski definition) is 4. The number of aromatic amines is 1. The summed E-state index contributed by atoms with van der Waals surface area (Å²) in [4.78, 5) is 25.1. The van der Waals surface area contributed by atoms with Crippen molar-refractivity contribution in [3.8, 4) is 22.4 Å². The van der Waals surface area contributed by atoms with Gasteiger partial charge in [-0.05, 0) is 48.7 Å². The van der Waals surface area contributed by atoms with Gasteiger partial charge in [0, 0.05) is 44.7 Å². The number of nitrogens with one attached hydrogen (secondary N) is 1. The fourth-order valence-corrected chi connectivity index (χ4v) is 5.44. The molecule has 0 saturated heterocycles. The standard InChI is InChI=1S/C27H20ClN3OS/c28-23-14-18(11-17-7-4-10-29-25(17)23)22-13-19-12-20(15-33-21-8-9-21)27(32)31-26(19)30-24(22)16-5-2-1-3-6-16/h1-7,10-14,21H,8-9,15H2,(H,30,31,32). The van der Waals surface area contributed by atoms with Gasteiger partial charge >= 0.3 is 0 Å². The number of thioether (sulfide) groups is 1. The minimum absolute atomic E-state index is 0.0604. The van der Waals surface area contributed by atoms with Crippen molar-refractivity contribution in [2.45, 2.75) is 23.8 Å². The van der Waals surface area contributed by atoms with Crippen LogP contribution >= 0.6 is 23.4 Å². The van der Waals surface area contributed by atoms with E-state index in [1.807, 2.05) is 66.4 Å². The Labute approximate surface area is 200 Å². The maximum atomic E-state index is 12.7. The van der Waals surface area contributed by atoms with Gasteiger partial charge in [0.25, 0.3) is 5.56 Å². The van der Waals surface area contributed by atoms with Crippen molar-refractivity contribution in [3.05, 3.63) is 93.9 Å². The molecule has 162 valence electrons. The highest BCUT2D eigenvalue weighted by atomic mass is 35.5. The first-order chi connectivity index (χ1) is 16.2. The zero-order chi connectivity index (χ0) is 22.4. The molecular weight excluding hydrogens is 450 g/mol. The summed E-state index contributed by atoms with van der Waals surface area (Å²) in [7, 11) is 0. The number of benzene rings is 2. The van der Waals surface area contributed by atoms with Gasteiger partial charge in [0.05, 0.1) is 16.2 Å². The number of nitrogens with zero attached hydrogens (tertiary/aromatic N) is 2. The lowest BCUT2D eigenvalue weighted by Crippen LogP contribution is -2.12. The minimum atomic E-state index is -0.0604.